The normalized spacial score (nSPS) is 10.4. The van der Waals surface area contributed by atoms with Crippen molar-refractivity contribution in [2.75, 3.05) is 0 Å². The fourth-order valence-electron chi connectivity index (χ4n) is 1.69. The van der Waals surface area contributed by atoms with Crippen molar-refractivity contribution in [2.45, 2.75) is 13.5 Å². The Morgan fingerprint density at radius 2 is 1.94 bits per heavy atom. The molecular weight excluding hydrogens is 236 g/mol. The quantitative estimate of drug-likeness (QED) is 0.903. The molecule has 18 heavy (non-hydrogen) atoms. The van der Waals surface area contributed by atoms with E-state index in [1.807, 2.05) is 19.1 Å². The third-order valence-electron chi connectivity index (χ3n) is 2.62. The first-order valence-corrected chi connectivity index (χ1v) is 5.53. The van der Waals surface area contributed by atoms with Crippen LogP contribution in [0.5, 0.6) is 11.5 Å². The number of rotatable bonds is 3. The Kier molecular flexibility index (Phi) is 3.58. The van der Waals surface area contributed by atoms with Gasteiger partial charge in [-0.15, -0.1) is 0 Å². The maximum Gasteiger partial charge on any atom is 0.166 e. The van der Waals surface area contributed by atoms with E-state index in [1.165, 1.54) is 0 Å². The Morgan fingerprint density at radius 1 is 1.17 bits per heavy atom. The van der Waals surface area contributed by atoms with Gasteiger partial charge in [-0.05, 0) is 24.6 Å². The van der Waals surface area contributed by atoms with Gasteiger partial charge < -0.3 is 10.5 Å². The van der Waals surface area contributed by atoms with E-state index < -0.39 is 11.6 Å². The maximum atomic E-state index is 13.5. The number of benzene rings is 2. The first kappa shape index (κ1) is 12.5. The summed E-state index contributed by atoms with van der Waals surface area (Å²) in [7, 11) is 0. The lowest BCUT2D eigenvalue weighted by atomic mass is 10.1. The van der Waals surface area contributed by atoms with Crippen LogP contribution in [-0.4, -0.2) is 0 Å². The van der Waals surface area contributed by atoms with Crippen molar-refractivity contribution < 1.29 is 13.5 Å². The number of aryl methyl sites for hydroxylation is 1. The molecule has 0 aliphatic heterocycles. The summed E-state index contributed by atoms with van der Waals surface area (Å²) in [5.41, 5.74) is 7.16. The number of hydrogen-bond acceptors (Lipinski definition) is 2. The van der Waals surface area contributed by atoms with Gasteiger partial charge in [0.1, 0.15) is 11.6 Å². The molecule has 4 heteroatoms. The van der Waals surface area contributed by atoms with Gasteiger partial charge in [-0.2, -0.15) is 0 Å². The SMILES string of the molecule is Cc1cccc(CN)c1Oc1cc(F)ccc1F. The summed E-state index contributed by atoms with van der Waals surface area (Å²) < 4.78 is 32.0. The second kappa shape index (κ2) is 5.14. The van der Waals surface area contributed by atoms with Crippen molar-refractivity contribution >= 4 is 0 Å². The third kappa shape index (κ3) is 2.49. The Balaban J connectivity index is 2.42. The zero-order valence-corrected chi connectivity index (χ0v) is 9.91. The Labute approximate surface area is 104 Å². The van der Waals surface area contributed by atoms with Crippen LogP contribution in [0.3, 0.4) is 0 Å². The average Bonchev–Trinajstić information content (AvgIpc) is 2.36. The highest BCUT2D eigenvalue weighted by Gasteiger charge is 2.11. The van der Waals surface area contributed by atoms with E-state index >= 15 is 0 Å². The highest BCUT2D eigenvalue weighted by atomic mass is 19.1. The minimum absolute atomic E-state index is 0.140. The van der Waals surface area contributed by atoms with E-state index in [-0.39, 0.29) is 12.3 Å². The van der Waals surface area contributed by atoms with Crippen molar-refractivity contribution in [3.05, 3.63) is 59.2 Å². The van der Waals surface area contributed by atoms with Crippen LogP contribution in [0.2, 0.25) is 0 Å². The second-order valence-corrected chi connectivity index (χ2v) is 3.94. The first-order valence-electron chi connectivity index (χ1n) is 5.53. The van der Waals surface area contributed by atoms with Gasteiger partial charge in [-0.25, -0.2) is 8.78 Å². The van der Waals surface area contributed by atoms with E-state index in [0.717, 1.165) is 29.3 Å². The largest absolute Gasteiger partial charge is 0.454 e. The molecule has 0 spiro atoms. The highest BCUT2D eigenvalue weighted by molar-refractivity contribution is 5.44. The number of halogens is 2. The first-order chi connectivity index (χ1) is 8.61. The van der Waals surface area contributed by atoms with Gasteiger partial charge in [0.15, 0.2) is 11.6 Å². The molecule has 0 fully saturated rings. The molecule has 0 aromatic heterocycles. The van der Waals surface area contributed by atoms with E-state index in [0.29, 0.717) is 5.75 Å². The molecule has 0 saturated carbocycles. The molecule has 0 heterocycles. The van der Waals surface area contributed by atoms with Gasteiger partial charge in [0, 0.05) is 18.2 Å². The fraction of sp³-hybridized carbons (Fsp3) is 0.143. The molecule has 0 saturated heterocycles. The average molecular weight is 249 g/mol. The fourth-order valence-corrected chi connectivity index (χ4v) is 1.69. The number of hydrogen-bond donors (Lipinski definition) is 1. The van der Waals surface area contributed by atoms with Crippen LogP contribution < -0.4 is 10.5 Å². The Hall–Kier alpha value is -1.94. The van der Waals surface area contributed by atoms with Gasteiger partial charge in [0.2, 0.25) is 0 Å². The molecule has 0 aliphatic carbocycles. The summed E-state index contributed by atoms with van der Waals surface area (Å²) in [6.07, 6.45) is 0. The Morgan fingerprint density at radius 3 is 2.67 bits per heavy atom. The lowest BCUT2D eigenvalue weighted by molar-refractivity contribution is 0.430. The monoisotopic (exact) mass is 249 g/mol. The third-order valence-corrected chi connectivity index (χ3v) is 2.62. The van der Waals surface area contributed by atoms with Crippen molar-refractivity contribution in [3.63, 3.8) is 0 Å². The molecule has 0 bridgehead atoms. The van der Waals surface area contributed by atoms with E-state index in [4.69, 9.17) is 10.5 Å². The van der Waals surface area contributed by atoms with Crippen LogP contribution in [0.4, 0.5) is 8.78 Å². The summed E-state index contributed by atoms with van der Waals surface area (Å²) >= 11 is 0. The number of para-hydroxylation sites is 1. The lowest BCUT2D eigenvalue weighted by Crippen LogP contribution is -2.01. The zero-order chi connectivity index (χ0) is 13.1. The molecule has 0 unspecified atom stereocenters. The van der Waals surface area contributed by atoms with E-state index in [1.54, 1.807) is 6.07 Å². The molecular formula is C14H13F2NO. The van der Waals surface area contributed by atoms with Gasteiger partial charge in [0.25, 0.3) is 0 Å². The van der Waals surface area contributed by atoms with Crippen molar-refractivity contribution in [2.24, 2.45) is 5.73 Å². The standard InChI is InChI=1S/C14H13F2NO/c1-9-3-2-4-10(8-17)14(9)18-13-7-11(15)5-6-12(13)16/h2-7H,8,17H2,1H3. The summed E-state index contributed by atoms with van der Waals surface area (Å²) in [6, 6.07) is 8.55. The predicted molar refractivity (Wildman–Crippen MR) is 65.5 cm³/mol. The van der Waals surface area contributed by atoms with E-state index in [9.17, 15) is 8.78 Å². The maximum absolute atomic E-state index is 13.5. The molecule has 2 nitrogen and oxygen atoms in total. The molecule has 2 N–H and O–H groups in total. The Bertz CT molecular complexity index is 570. The minimum Gasteiger partial charge on any atom is -0.454 e. The van der Waals surface area contributed by atoms with Gasteiger partial charge >= 0.3 is 0 Å². The zero-order valence-electron chi connectivity index (χ0n) is 9.91. The second-order valence-electron chi connectivity index (χ2n) is 3.94. The molecule has 94 valence electrons. The highest BCUT2D eigenvalue weighted by Crippen LogP contribution is 2.30. The van der Waals surface area contributed by atoms with Crippen molar-refractivity contribution in [1.29, 1.82) is 0 Å². The van der Waals surface area contributed by atoms with Crippen LogP contribution in [0.1, 0.15) is 11.1 Å². The summed E-state index contributed by atoms with van der Waals surface area (Å²) in [5, 5.41) is 0. The molecule has 0 atom stereocenters. The molecule has 0 radical (unpaired) electrons. The van der Waals surface area contributed by atoms with Gasteiger partial charge in [0.05, 0.1) is 0 Å². The smallest absolute Gasteiger partial charge is 0.166 e. The van der Waals surface area contributed by atoms with Crippen molar-refractivity contribution in [1.82, 2.24) is 0 Å². The summed E-state index contributed by atoms with van der Waals surface area (Å²) in [4.78, 5) is 0. The van der Waals surface area contributed by atoms with Gasteiger partial charge in [-0.1, -0.05) is 18.2 Å². The molecule has 0 aliphatic rings. The van der Waals surface area contributed by atoms with Crippen LogP contribution >= 0.6 is 0 Å². The predicted octanol–water partition coefficient (Wildman–Crippen LogP) is 3.52. The van der Waals surface area contributed by atoms with Crippen molar-refractivity contribution in [3.8, 4) is 11.5 Å². The molecule has 2 aromatic rings. The minimum atomic E-state index is -0.609. The number of ether oxygens (including phenoxy) is 1. The topological polar surface area (TPSA) is 35.2 Å². The molecule has 0 amide bonds. The summed E-state index contributed by atoms with van der Waals surface area (Å²) in [5.74, 6) is -0.819. The summed E-state index contributed by atoms with van der Waals surface area (Å²) in [6.45, 7) is 2.10. The van der Waals surface area contributed by atoms with Crippen LogP contribution in [0, 0.1) is 18.6 Å². The van der Waals surface area contributed by atoms with Gasteiger partial charge in [-0.3, -0.25) is 0 Å². The van der Waals surface area contributed by atoms with Crippen LogP contribution in [0.15, 0.2) is 36.4 Å². The van der Waals surface area contributed by atoms with Crippen LogP contribution in [0.25, 0.3) is 0 Å². The lowest BCUT2D eigenvalue weighted by Gasteiger charge is -2.13. The van der Waals surface area contributed by atoms with Crippen LogP contribution in [-0.2, 0) is 6.54 Å². The molecule has 2 aromatic carbocycles. The van der Waals surface area contributed by atoms with E-state index in [2.05, 4.69) is 0 Å². The molecule has 2 rings (SSSR count). The number of nitrogens with two attached hydrogens (primary N) is 1.